The molecule has 0 aliphatic carbocycles. The van der Waals surface area contributed by atoms with Gasteiger partial charge in [0.25, 0.3) is 10.0 Å². The highest BCUT2D eigenvalue weighted by atomic mass is 32.2. The molecular weight excluding hydrogens is 224 g/mol. The van der Waals surface area contributed by atoms with E-state index in [4.69, 9.17) is 5.84 Å². The second-order valence-corrected chi connectivity index (χ2v) is 6.53. The van der Waals surface area contributed by atoms with E-state index in [1.54, 1.807) is 13.0 Å². The molecule has 0 radical (unpaired) electrons. The summed E-state index contributed by atoms with van der Waals surface area (Å²) in [5, 5.41) is 0. The fourth-order valence-electron chi connectivity index (χ4n) is 1.48. The van der Waals surface area contributed by atoms with Crippen molar-refractivity contribution in [2.45, 2.75) is 38.0 Å². The van der Waals surface area contributed by atoms with Crippen LogP contribution in [0.1, 0.15) is 31.9 Å². The summed E-state index contributed by atoms with van der Waals surface area (Å²) < 4.78 is 23.1. The molecule has 0 spiro atoms. The molecule has 1 rings (SSSR count). The second kappa shape index (κ2) is 4.16. The van der Waals surface area contributed by atoms with Crippen molar-refractivity contribution in [2.24, 2.45) is 5.84 Å². The van der Waals surface area contributed by atoms with Crippen LogP contribution in [0.2, 0.25) is 0 Å². The maximum Gasteiger partial charge on any atom is 0.253 e. The van der Waals surface area contributed by atoms with Gasteiger partial charge in [-0.15, -0.1) is 0 Å². The number of benzene rings is 1. The summed E-state index contributed by atoms with van der Waals surface area (Å²) in [6.45, 7) is 8.00. The molecule has 0 aliphatic heterocycles. The van der Waals surface area contributed by atoms with Gasteiger partial charge in [0.2, 0.25) is 0 Å². The van der Waals surface area contributed by atoms with Gasteiger partial charge in [-0.05, 0) is 29.5 Å². The van der Waals surface area contributed by atoms with Crippen LogP contribution in [0.25, 0.3) is 0 Å². The first-order valence-electron chi connectivity index (χ1n) is 5.02. The van der Waals surface area contributed by atoms with Gasteiger partial charge in [-0.2, -0.15) is 4.83 Å². The summed E-state index contributed by atoms with van der Waals surface area (Å²) in [5.74, 6) is 4.99. The van der Waals surface area contributed by atoms with Crippen LogP contribution in [0.5, 0.6) is 0 Å². The predicted molar refractivity (Wildman–Crippen MR) is 64.4 cm³/mol. The molecule has 1 aromatic rings. The number of hydrogen-bond acceptors (Lipinski definition) is 3. The Balaban J connectivity index is 3.32. The summed E-state index contributed by atoms with van der Waals surface area (Å²) in [4.78, 5) is 2.05. The van der Waals surface area contributed by atoms with Crippen LogP contribution in [-0.2, 0) is 15.4 Å². The lowest BCUT2D eigenvalue weighted by Gasteiger charge is -2.20. The van der Waals surface area contributed by atoms with E-state index in [0.717, 1.165) is 5.56 Å². The highest BCUT2D eigenvalue weighted by molar-refractivity contribution is 7.89. The van der Waals surface area contributed by atoms with E-state index in [9.17, 15) is 8.42 Å². The minimum atomic E-state index is -3.56. The Bertz CT molecular complexity index is 487. The lowest BCUT2D eigenvalue weighted by molar-refractivity contribution is 0.579. The quantitative estimate of drug-likeness (QED) is 0.609. The number of nitrogens with two attached hydrogens (primary N) is 1. The topological polar surface area (TPSA) is 72.2 Å². The van der Waals surface area contributed by atoms with Gasteiger partial charge < -0.3 is 0 Å². The Labute approximate surface area is 96.9 Å². The van der Waals surface area contributed by atoms with Gasteiger partial charge in [-0.3, -0.25) is 5.84 Å². The van der Waals surface area contributed by atoms with Gasteiger partial charge in [-0.25, -0.2) is 8.42 Å². The molecule has 0 bridgehead atoms. The maximum absolute atomic E-state index is 11.5. The summed E-state index contributed by atoms with van der Waals surface area (Å²) in [7, 11) is -3.56. The monoisotopic (exact) mass is 242 g/mol. The zero-order chi connectivity index (χ0) is 12.6. The lowest BCUT2D eigenvalue weighted by atomic mass is 9.86. The summed E-state index contributed by atoms with van der Waals surface area (Å²) in [6.07, 6.45) is 0. The molecular formula is C11H18N2O2S. The molecule has 1 aromatic carbocycles. The highest BCUT2D eigenvalue weighted by Crippen LogP contribution is 2.25. The second-order valence-electron chi connectivity index (χ2n) is 4.85. The Hall–Kier alpha value is -0.910. The third-order valence-corrected chi connectivity index (χ3v) is 3.83. The zero-order valence-electron chi connectivity index (χ0n) is 10.0. The van der Waals surface area contributed by atoms with Crippen LogP contribution in [0.3, 0.4) is 0 Å². The molecule has 0 aliphatic rings. The SMILES string of the molecule is Cc1cc(C(C)(C)C)ccc1S(=O)(=O)NN. The molecule has 0 saturated heterocycles. The van der Waals surface area contributed by atoms with Crippen molar-refractivity contribution in [1.82, 2.24) is 4.83 Å². The van der Waals surface area contributed by atoms with E-state index in [2.05, 4.69) is 20.8 Å². The minimum absolute atomic E-state index is 0.00317. The molecule has 4 nitrogen and oxygen atoms in total. The van der Waals surface area contributed by atoms with Gasteiger partial charge in [0.05, 0.1) is 4.90 Å². The normalized spacial score (nSPS) is 12.8. The van der Waals surface area contributed by atoms with Crippen molar-refractivity contribution in [1.29, 1.82) is 0 Å². The van der Waals surface area contributed by atoms with Crippen molar-refractivity contribution >= 4 is 10.0 Å². The molecule has 5 heteroatoms. The maximum atomic E-state index is 11.5. The summed E-state index contributed by atoms with van der Waals surface area (Å²) >= 11 is 0. The van der Waals surface area contributed by atoms with E-state index in [1.807, 2.05) is 17.0 Å². The lowest BCUT2D eigenvalue weighted by Crippen LogP contribution is -2.30. The first-order valence-corrected chi connectivity index (χ1v) is 6.50. The number of hydrazine groups is 1. The average molecular weight is 242 g/mol. The molecule has 0 saturated carbocycles. The molecule has 0 aromatic heterocycles. The van der Waals surface area contributed by atoms with Crippen molar-refractivity contribution in [2.75, 3.05) is 0 Å². The van der Waals surface area contributed by atoms with Crippen molar-refractivity contribution in [3.63, 3.8) is 0 Å². The van der Waals surface area contributed by atoms with Gasteiger partial charge in [-0.1, -0.05) is 32.9 Å². The van der Waals surface area contributed by atoms with E-state index in [0.29, 0.717) is 5.56 Å². The van der Waals surface area contributed by atoms with Crippen LogP contribution in [0, 0.1) is 6.92 Å². The molecule has 0 unspecified atom stereocenters. The van der Waals surface area contributed by atoms with Crippen molar-refractivity contribution in [3.8, 4) is 0 Å². The van der Waals surface area contributed by atoms with Gasteiger partial charge in [0.1, 0.15) is 0 Å². The number of aryl methyl sites for hydroxylation is 1. The first kappa shape index (κ1) is 13.2. The van der Waals surface area contributed by atoms with Crippen LogP contribution in [0.4, 0.5) is 0 Å². The van der Waals surface area contributed by atoms with Crippen LogP contribution >= 0.6 is 0 Å². The fraction of sp³-hybridized carbons (Fsp3) is 0.455. The first-order chi connectivity index (χ1) is 7.18. The van der Waals surface area contributed by atoms with Crippen LogP contribution in [0.15, 0.2) is 23.1 Å². The molecule has 90 valence electrons. The predicted octanol–water partition coefficient (Wildman–Crippen LogP) is 1.44. The molecule has 16 heavy (non-hydrogen) atoms. The number of rotatable bonds is 2. The number of nitrogens with one attached hydrogen (secondary N) is 1. The van der Waals surface area contributed by atoms with Crippen LogP contribution < -0.4 is 10.7 Å². The fourth-order valence-corrected chi connectivity index (χ4v) is 2.34. The van der Waals surface area contributed by atoms with Crippen LogP contribution in [-0.4, -0.2) is 8.42 Å². The Morgan fingerprint density at radius 3 is 2.19 bits per heavy atom. The zero-order valence-corrected chi connectivity index (χ0v) is 10.9. The van der Waals surface area contributed by atoms with Crippen molar-refractivity contribution in [3.05, 3.63) is 29.3 Å². The van der Waals surface area contributed by atoms with E-state index >= 15 is 0 Å². The molecule has 0 heterocycles. The molecule has 0 amide bonds. The Morgan fingerprint density at radius 1 is 1.25 bits per heavy atom. The highest BCUT2D eigenvalue weighted by Gasteiger charge is 2.19. The third-order valence-electron chi connectivity index (χ3n) is 2.49. The average Bonchev–Trinajstić information content (AvgIpc) is 2.16. The summed E-state index contributed by atoms with van der Waals surface area (Å²) in [5.41, 5.74) is 1.80. The Morgan fingerprint density at radius 2 is 1.81 bits per heavy atom. The molecule has 3 N–H and O–H groups in total. The number of hydrogen-bond donors (Lipinski definition) is 2. The molecule has 0 fully saturated rings. The van der Waals surface area contributed by atoms with Crippen molar-refractivity contribution < 1.29 is 8.42 Å². The minimum Gasteiger partial charge on any atom is -0.257 e. The van der Waals surface area contributed by atoms with Gasteiger partial charge >= 0.3 is 0 Å². The van der Waals surface area contributed by atoms with E-state index < -0.39 is 10.0 Å². The standard InChI is InChI=1S/C11H18N2O2S/c1-8-7-9(11(2,3)4)5-6-10(8)16(14,15)13-12/h5-7,13H,12H2,1-4H3. The summed E-state index contributed by atoms with van der Waals surface area (Å²) in [6, 6.07) is 5.28. The van der Waals surface area contributed by atoms with Gasteiger partial charge in [0, 0.05) is 0 Å². The van der Waals surface area contributed by atoms with E-state index in [-0.39, 0.29) is 10.3 Å². The Kier molecular flexibility index (Phi) is 3.42. The largest absolute Gasteiger partial charge is 0.257 e. The smallest absolute Gasteiger partial charge is 0.253 e. The van der Waals surface area contributed by atoms with E-state index in [1.165, 1.54) is 0 Å². The molecule has 0 atom stereocenters. The van der Waals surface area contributed by atoms with Gasteiger partial charge in [0.15, 0.2) is 0 Å². The third kappa shape index (κ3) is 2.61. The number of sulfonamides is 1.